The molecular formula is C25H27N3O2. The molecule has 0 aliphatic carbocycles. The van der Waals surface area contributed by atoms with Crippen LogP contribution in [0.2, 0.25) is 0 Å². The monoisotopic (exact) mass is 401 g/mol. The Morgan fingerprint density at radius 3 is 2.20 bits per heavy atom. The highest BCUT2D eigenvalue weighted by molar-refractivity contribution is 5.99. The third-order valence-corrected chi connectivity index (χ3v) is 5.50. The van der Waals surface area contributed by atoms with Gasteiger partial charge < -0.3 is 14.4 Å². The molecule has 2 heterocycles. The van der Waals surface area contributed by atoms with Crippen molar-refractivity contribution in [2.45, 2.75) is 20.4 Å². The molecule has 1 saturated heterocycles. The summed E-state index contributed by atoms with van der Waals surface area (Å²) in [6.45, 7) is 6.71. The van der Waals surface area contributed by atoms with Crippen LogP contribution in [0.4, 0.5) is 0 Å². The first-order chi connectivity index (χ1) is 14.5. The zero-order valence-corrected chi connectivity index (χ0v) is 17.5. The molecule has 2 aromatic carbocycles. The molecule has 0 unspecified atom stereocenters. The summed E-state index contributed by atoms with van der Waals surface area (Å²) in [5.74, 6) is 0.0525. The van der Waals surface area contributed by atoms with Crippen LogP contribution in [-0.2, 0) is 11.3 Å². The van der Waals surface area contributed by atoms with Gasteiger partial charge in [0.25, 0.3) is 5.91 Å². The zero-order valence-electron chi connectivity index (χ0n) is 17.5. The second kappa shape index (κ2) is 8.57. The van der Waals surface area contributed by atoms with Gasteiger partial charge in [0, 0.05) is 49.7 Å². The fraction of sp³-hybridized carbons (Fsp3) is 0.280. The molecule has 4 rings (SSSR count). The largest absolute Gasteiger partial charge is 0.336 e. The van der Waals surface area contributed by atoms with Gasteiger partial charge in [-0.15, -0.1) is 0 Å². The SMILES string of the molecule is CC(C)=CC(=O)N1CCN(C(=O)c2cc3ccccc3n2Cc2ccccc2)CC1. The summed E-state index contributed by atoms with van der Waals surface area (Å²) in [4.78, 5) is 29.4. The van der Waals surface area contributed by atoms with Crippen LogP contribution in [0.5, 0.6) is 0 Å². The molecule has 0 N–H and O–H groups in total. The standard InChI is InChI=1S/C25H27N3O2/c1-19(2)16-24(29)26-12-14-27(15-13-26)25(30)23-17-21-10-6-7-11-22(21)28(23)18-20-8-4-3-5-9-20/h3-11,16-17H,12-15,18H2,1-2H3. The Morgan fingerprint density at radius 2 is 1.50 bits per heavy atom. The molecule has 1 aromatic heterocycles. The lowest BCUT2D eigenvalue weighted by Gasteiger charge is -2.34. The minimum absolute atomic E-state index is 0.0245. The van der Waals surface area contributed by atoms with Crippen LogP contribution in [0, 0.1) is 0 Å². The van der Waals surface area contributed by atoms with Gasteiger partial charge in [-0.05, 0) is 31.5 Å². The number of amides is 2. The Morgan fingerprint density at radius 1 is 0.867 bits per heavy atom. The normalized spacial score (nSPS) is 14.1. The van der Waals surface area contributed by atoms with Crippen LogP contribution in [-0.4, -0.2) is 52.4 Å². The van der Waals surface area contributed by atoms with Crippen molar-refractivity contribution in [2.24, 2.45) is 0 Å². The molecule has 1 aliphatic rings. The molecule has 0 radical (unpaired) electrons. The van der Waals surface area contributed by atoms with Crippen molar-refractivity contribution in [3.05, 3.63) is 83.6 Å². The smallest absolute Gasteiger partial charge is 0.270 e. The highest BCUT2D eigenvalue weighted by Crippen LogP contribution is 2.23. The topological polar surface area (TPSA) is 45.6 Å². The van der Waals surface area contributed by atoms with E-state index in [0.717, 1.165) is 22.0 Å². The van der Waals surface area contributed by atoms with Crippen LogP contribution in [0.3, 0.4) is 0 Å². The van der Waals surface area contributed by atoms with E-state index in [1.807, 2.05) is 66.1 Å². The minimum atomic E-state index is 0.0245. The van der Waals surface area contributed by atoms with E-state index in [4.69, 9.17) is 0 Å². The second-order valence-electron chi connectivity index (χ2n) is 8.00. The summed E-state index contributed by atoms with van der Waals surface area (Å²) in [6, 6.07) is 20.3. The first kappa shape index (κ1) is 20.0. The number of rotatable bonds is 4. The van der Waals surface area contributed by atoms with Gasteiger partial charge in [0.2, 0.25) is 5.91 Å². The van der Waals surface area contributed by atoms with Gasteiger partial charge in [-0.25, -0.2) is 0 Å². The van der Waals surface area contributed by atoms with Crippen molar-refractivity contribution in [3.8, 4) is 0 Å². The summed E-state index contributed by atoms with van der Waals surface area (Å²) < 4.78 is 2.10. The quantitative estimate of drug-likeness (QED) is 0.622. The van der Waals surface area contributed by atoms with Crippen molar-refractivity contribution in [2.75, 3.05) is 26.2 Å². The van der Waals surface area contributed by atoms with Gasteiger partial charge in [0.15, 0.2) is 0 Å². The Bertz CT molecular complexity index is 1090. The number of allylic oxidation sites excluding steroid dienone is 1. The predicted molar refractivity (Wildman–Crippen MR) is 119 cm³/mol. The average molecular weight is 402 g/mol. The zero-order chi connectivity index (χ0) is 21.1. The first-order valence-electron chi connectivity index (χ1n) is 10.4. The molecule has 2 amide bonds. The summed E-state index contributed by atoms with van der Waals surface area (Å²) in [5.41, 5.74) is 3.90. The van der Waals surface area contributed by atoms with Gasteiger partial charge in [0.1, 0.15) is 5.69 Å². The summed E-state index contributed by atoms with van der Waals surface area (Å²) in [5, 5.41) is 1.06. The number of aromatic nitrogens is 1. The lowest BCUT2D eigenvalue weighted by atomic mass is 10.2. The van der Waals surface area contributed by atoms with Crippen molar-refractivity contribution >= 4 is 22.7 Å². The van der Waals surface area contributed by atoms with Crippen LogP contribution >= 0.6 is 0 Å². The fourth-order valence-electron chi connectivity index (χ4n) is 3.95. The van der Waals surface area contributed by atoms with E-state index >= 15 is 0 Å². The van der Waals surface area contributed by atoms with Gasteiger partial charge in [-0.3, -0.25) is 9.59 Å². The minimum Gasteiger partial charge on any atom is -0.336 e. The molecule has 3 aromatic rings. The van der Waals surface area contributed by atoms with Crippen LogP contribution < -0.4 is 0 Å². The Labute approximate surface area is 177 Å². The van der Waals surface area contributed by atoms with E-state index in [1.165, 1.54) is 0 Å². The van der Waals surface area contributed by atoms with Crippen LogP contribution in [0.1, 0.15) is 29.9 Å². The Kier molecular flexibility index (Phi) is 5.70. The lowest BCUT2D eigenvalue weighted by molar-refractivity contribution is -0.127. The average Bonchev–Trinajstić information content (AvgIpc) is 3.12. The number of para-hydroxylation sites is 1. The number of carbonyl (C=O) groups is 2. The molecule has 0 atom stereocenters. The fourth-order valence-corrected chi connectivity index (χ4v) is 3.95. The van der Waals surface area contributed by atoms with Crippen molar-refractivity contribution in [1.82, 2.24) is 14.4 Å². The van der Waals surface area contributed by atoms with E-state index in [2.05, 4.69) is 22.8 Å². The highest BCUT2D eigenvalue weighted by Gasteiger charge is 2.26. The number of hydrogen-bond acceptors (Lipinski definition) is 2. The number of nitrogens with zero attached hydrogens (tertiary/aromatic N) is 3. The molecule has 0 spiro atoms. The first-order valence-corrected chi connectivity index (χ1v) is 10.4. The summed E-state index contributed by atoms with van der Waals surface area (Å²) >= 11 is 0. The van der Waals surface area contributed by atoms with E-state index in [9.17, 15) is 9.59 Å². The number of benzene rings is 2. The molecule has 0 saturated carbocycles. The third-order valence-electron chi connectivity index (χ3n) is 5.50. The van der Waals surface area contributed by atoms with Gasteiger partial charge in [-0.1, -0.05) is 54.1 Å². The Hall–Kier alpha value is -3.34. The van der Waals surface area contributed by atoms with Gasteiger partial charge in [0.05, 0.1) is 0 Å². The van der Waals surface area contributed by atoms with Crippen molar-refractivity contribution in [1.29, 1.82) is 0 Å². The molecule has 1 fully saturated rings. The van der Waals surface area contributed by atoms with E-state index in [1.54, 1.807) is 6.08 Å². The number of hydrogen-bond donors (Lipinski definition) is 0. The maximum atomic E-state index is 13.4. The highest BCUT2D eigenvalue weighted by atomic mass is 16.2. The van der Waals surface area contributed by atoms with Gasteiger partial charge >= 0.3 is 0 Å². The second-order valence-corrected chi connectivity index (χ2v) is 8.00. The molecule has 30 heavy (non-hydrogen) atoms. The maximum absolute atomic E-state index is 13.4. The van der Waals surface area contributed by atoms with Crippen molar-refractivity contribution < 1.29 is 9.59 Å². The molecule has 5 nitrogen and oxygen atoms in total. The molecular weight excluding hydrogens is 374 g/mol. The predicted octanol–water partition coefficient (Wildman–Crippen LogP) is 3.94. The number of fused-ring (bicyclic) bond motifs is 1. The van der Waals surface area contributed by atoms with Crippen LogP contribution in [0.25, 0.3) is 10.9 Å². The maximum Gasteiger partial charge on any atom is 0.270 e. The van der Waals surface area contributed by atoms with E-state index in [0.29, 0.717) is 38.4 Å². The molecule has 1 aliphatic heterocycles. The molecule has 5 heteroatoms. The van der Waals surface area contributed by atoms with Crippen LogP contribution in [0.15, 0.2) is 72.3 Å². The summed E-state index contributed by atoms with van der Waals surface area (Å²) in [6.07, 6.45) is 1.66. The Balaban J connectivity index is 1.57. The molecule has 0 bridgehead atoms. The van der Waals surface area contributed by atoms with Gasteiger partial charge in [-0.2, -0.15) is 0 Å². The van der Waals surface area contributed by atoms with Crippen molar-refractivity contribution in [3.63, 3.8) is 0 Å². The van der Waals surface area contributed by atoms with E-state index in [-0.39, 0.29) is 11.8 Å². The summed E-state index contributed by atoms with van der Waals surface area (Å²) in [7, 11) is 0. The van der Waals surface area contributed by atoms with E-state index < -0.39 is 0 Å². The molecule has 154 valence electrons. The number of carbonyl (C=O) groups excluding carboxylic acids is 2. The lowest BCUT2D eigenvalue weighted by Crippen LogP contribution is -2.50. The third kappa shape index (κ3) is 4.15. The number of piperazine rings is 1.